The van der Waals surface area contributed by atoms with Crippen molar-refractivity contribution in [2.75, 3.05) is 12.3 Å². The Kier molecular flexibility index (Phi) is 5.55. The Balaban J connectivity index is 1.72. The van der Waals surface area contributed by atoms with Crippen LogP contribution in [0.2, 0.25) is 5.02 Å². The lowest BCUT2D eigenvalue weighted by Gasteiger charge is -2.11. The highest BCUT2D eigenvalue weighted by molar-refractivity contribution is 7.60. The van der Waals surface area contributed by atoms with E-state index in [0.29, 0.717) is 22.2 Å². The Labute approximate surface area is 180 Å². The second-order valence-corrected chi connectivity index (χ2v) is 8.64. The molecule has 0 aliphatic rings. The molecule has 12 heteroatoms. The maximum absolute atomic E-state index is 12.5. The average molecular weight is 462 g/mol. The molecule has 0 unspecified atom stereocenters. The summed E-state index contributed by atoms with van der Waals surface area (Å²) in [4.78, 5) is 42.1. The Hall–Kier alpha value is -3.17. The molecule has 0 fully saturated rings. The third kappa shape index (κ3) is 4.47. The summed E-state index contributed by atoms with van der Waals surface area (Å²) in [6.07, 6.45) is 0. The van der Waals surface area contributed by atoms with Gasteiger partial charge in [0.05, 0.1) is 11.8 Å². The van der Waals surface area contributed by atoms with E-state index < -0.39 is 13.2 Å². The normalized spacial score (nSPS) is 11.7. The Morgan fingerprint density at radius 3 is 2.42 bits per heavy atom. The molecule has 2 aromatic heterocycles. The van der Waals surface area contributed by atoms with Crippen molar-refractivity contribution in [2.24, 2.45) is 0 Å². The molecular formula is C19H17ClN5O5P. The lowest BCUT2D eigenvalue weighted by Crippen LogP contribution is -2.17. The van der Waals surface area contributed by atoms with Crippen LogP contribution in [0.4, 0.5) is 5.95 Å². The van der Waals surface area contributed by atoms with E-state index in [2.05, 4.69) is 15.0 Å². The molecule has 0 saturated carbocycles. The minimum atomic E-state index is -4.38. The molecule has 2 heterocycles. The number of fused-ring (bicyclic) bond motifs is 1. The number of aromatic amines is 1. The fraction of sp³-hybridized carbons (Fsp3) is 0.105. The van der Waals surface area contributed by atoms with Crippen LogP contribution in [0.5, 0.6) is 5.75 Å². The van der Waals surface area contributed by atoms with Crippen LogP contribution in [-0.4, -0.2) is 35.9 Å². The number of benzene rings is 2. The van der Waals surface area contributed by atoms with Gasteiger partial charge in [0.25, 0.3) is 5.56 Å². The van der Waals surface area contributed by atoms with Crippen LogP contribution in [0.1, 0.15) is 0 Å². The molecule has 10 nitrogen and oxygen atoms in total. The fourth-order valence-corrected chi connectivity index (χ4v) is 3.75. The predicted molar refractivity (Wildman–Crippen MR) is 117 cm³/mol. The van der Waals surface area contributed by atoms with Gasteiger partial charge in [-0.05, 0) is 36.4 Å². The van der Waals surface area contributed by atoms with Gasteiger partial charge in [0.2, 0.25) is 5.95 Å². The molecule has 0 saturated heterocycles. The highest BCUT2D eigenvalue weighted by Crippen LogP contribution is 2.34. The second-order valence-electron chi connectivity index (χ2n) is 6.60. The number of rotatable bonds is 6. The number of nitrogens with zero attached hydrogens (tertiary/aromatic N) is 3. The second kappa shape index (κ2) is 8.16. The summed E-state index contributed by atoms with van der Waals surface area (Å²) in [6.45, 7) is 0.466. The first kappa shape index (κ1) is 21.1. The zero-order valence-electron chi connectivity index (χ0n) is 15.9. The van der Waals surface area contributed by atoms with E-state index in [9.17, 15) is 19.1 Å². The highest BCUT2D eigenvalue weighted by Gasteiger charge is 2.20. The van der Waals surface area contributed by atoms with Crippen molar-refractivity contribution in [3.8, 4) is 17.1 Å². The minimum absolute atomic E-state index is 0.0667. The van der Waals surface area contributed by atoms with Crippen LogP contribution >= 0.6 is 19.2 Å². The molecular weight excluding hydrogens is 445 g/mol. The van der Waals surface area contributed by atoms with Gasteiger partial charge >= 0.3 is 7.60 Å². The van der Waals surface area contributed by atoms with Gasteiger partial charge in [-0.2, -0.15) is 4.98 Å². The largest absolute Gasteiger partial charge is 0.492 e. The van der Waals surface area contributed by atoms with Crippen molar-refractivity contribution in [2.45, 2.75) is 6.54 Å². The fourth-order valence-electron chi connectivity index (χ4n) is 3.09. The van der Waals surface area contributed by atoms with Gasteiger partial charge in [-0.25, -0.2) is 4.98 Å². The lowest BCUT2D eigenvalue weighted by molar-refractivity contribution is 0.301. The highest BCUT2D eigenvalue weighted by atomic mass is 35.5. The van der Waals surface area contributed by atoms with Gasteiger partial charge < -0.3 is 24.8 Å². The number of halogens is 1. The number of nitrogens with two attached hydrogens (primary N) is 1. The molecule has 0 bridgehead atoms. The topological polar surface area (TPSA) is 156 Å². The Morgan fingerprint density at radius 2 is 1.77 bits per heavy atom. The van der Waals surface area contributed by atoms with Crippen molar-refractivity contribution in [1.82, 2.24) is 19.5 Å². The SMILES string of the molecule is Nc1nc2nc(-c3ccc(P(=O)(O)O)cc3)n(CCOc3ccc(Cl)cc3)c2c(=O)[nH]1. The first-order valence-corrected chi connectivity index (χ1v) is 11.0. The van der Waals surface area contributed by atoms with E-state index in [1.165, 1.54) is 24.3 Å². The summed E-state index contributed by atoms with van der Waals surface area (Å²) in [5, 5.41) is 0.467. The molecule has 160 valence electrons. The van der Waals surface area contributed by atoms with Crippen molar-refractivity contribution >= 4 is 41.6 Å². The van der Waals surface area contributed by atoms with Crippen LogP contribution in [-0.2, 0) is 11.1 Å². The van der Waals surface area contributed by atoms with Gasteiger partial charge in [-0.3, -0.25) is 14.3 Å². The molecule has 5 N–H and O–H groups in total. The average Bonchev–Trinajstić information content (AvgIpc) is 3.07. The molecule has 0 aliphatic carbocycles. The monoisotopic (exact) mass is 461 g/mol. The lowest BCUT2D eigenvalue weighted by atomic mass is 10.2. The van der Waals surface area contributed by atoms with E-state index >= 15 is 0 Å². The van der Waals surface area contributed by atoms with E-state index in [0.717, 1.165) is 0 Å². The number of nitrogens with one attached hydrogen (secondary N) is 1. The summed E-state index contributed by atoms with van der Waals surface area (Å²) in [7, 11) is -4.38. The van der Waals surface area contributed by atoms with Crippen LogP contribution in [0.25, 0.3) is 22.6 Å². The van der Waals surface area contributed by atoms with Gasteiger partial charge in [0, 0.05) is 10.6 Å². The zero-order valence-corrected chi connectivity index (χ0v) is 17.5. The first-order valence-electron chi connectivity index (χ1n) is 9.03. The van der Waals surface area contributed by atoms with Crippen LogP contribution < -0.4 is 21.3 Å². The Bertz CT molecular complexity index is 1350. The van der Waals surface area contributed by atoms with Crippen LogP contribution in [0, 0.1) is 0 Å². The van der Waals surface area contributed by atoms with Crippen molar-refractivity contribution in [3.05, 3.63) is 63.9 Å². The third-order valence-corrected chi connectivity index (χ3v) is 5.71. The molecule has 0 radical (unpaired) electrons. The molecule has 2 aromatic carbocycles. The van der Waals surface area contributed by atoms with Gasteiger partial charge in [-0.15, -0.1) is 0 Å². The maximum Gasteiger partial charge on any atom is 0.356 e. The van der Waals surface area contributed by atoms with Gasteiger partial charge in [0.1, 0.15) is 18.2 Å². The molecule has 0 atom stereocenters. The molecule has 0 spiro atoms. The van der Waals surface area contributed by atoms with E-state index in [4.69, 9.17) is 22.1 Å². The smallest absolute Gasteiger partial charge is 0.356 e. The summed E-state index contributed by atoms with van der Waals surface area (Å²) < 4.78 is 18.8. The molecule has 4 aromatic rings. The number of aromatic nitrogens is 4. The zero-order chi connectivity index (χ0) is 22.2. The Morgan fingerprint density at radius 1 is 1.10 bits per heavy atom. The number of imidazole rings is 1. The van der Waals surface area contributed by atoms with E-state index in [-0.39, 0.29) is 35.6 Å². The maximum atomic E-state index is 12.5. The van der Waals surface area contributed by atoms with Gasteiger partial charge in [-0.1, -0.05) is 23.7 Å². The third-order valence-electron chi connectivity index (χ3n) is 4.49. The van der Waals surface area contributed by atoms with Crippen LogP contribution in [0.15, 0.2) is 53.3 Å². The number of H-pyrrole nitrogens is 1. The summed E-state index contributed by atoms with van der Waals surface area (Å²) in [6, 6.07) is 12.5. The minimum Gasteiger partial charge on any atom is -0.492 e. The summed E-state index contributed by atoms with van der Waals surface area (Å²) in [5.74, 6) is 0.927. The number of hydrogen-bond donors (Lipinski definition) is 4. The summed E-state index contributed by atoms with van der Waals surface area (Å²) in [5.41, 5.74) is 6.09. The number of nitrogen functional groups attached to an aromatic ring is 1. The predicted octanol–water partition coefficient (Wildman–Crippen LogP) is 1.90. The van der Waals surface area contributed by atoms with Crippen molar-refractivity contribution < 1.29 is 19.1 Å². The molecule has 0 aliphatic heterocycles. The summed E-state index contributed by atoms with van der Waals surface area (Å²) >= 11 is 5.88. The number of anilines is 1. The standard InChI is InChI=1S/C19H17ClN5O5P/c20-12-3-5-13(6-4-12)30-10-9-25-15-16(23-19(21)24-18(15)26)22-17(25)11-1-7-14(8-2-11)31(27,28)29/h1-8H,9-10H2,(H2,27,28,29)(H3,21,23,24,26). The van der Waals surface area contributed by atoms with E-state index in [1.54, 1.807) is 28.8 Å². The van der Waals surface area contributed by atoms with Gasteiger partial charge in [0.15, 0.2) is 11.2 Å². The number of hydrogen-bond acceptors (Lipinski definition) is 6. The van der Waals surface area contributed by atoms with Crippen molar-refractivity contribution in [1.29, 1.82) is 0 Å². The van der Waals surface area contributed by atoms with Crippen molar-refractivity contribution in [3.63, 3.8) is 0 Å². The van der Waals surface area contributed by atoms with E-state index in [1.807, 2.05) is 0 Å². The molecule has 31 heavy (non-hydrogen) atoms. The molecule has 4 rings (SSSR count). The van der Waals surface area contributed by atoms with Crippen LogP contribution in [0.3, 0.4) is 0 Å². The molecule has 0 amide bonds. The first-order chi connectivity index (χ1) is 14.7. The number of ether oxygens (including phenoxy) is 1. The quantitative estimate of drug-likeness (QED) is 0.317.